The molecule has 2 aromatic heterocycles. The van der Waals surface area contributed by atoms with E-state index in [0.717, 1.165) is 4.57 Å². The third-order valence-corrected chi connectivity index (χ3v) is 5.71. The summed E-state index contributed by atoms with van der Waals surface area (Å²) in [5.74, 6) is 0.265. The summed E-state index contributed by atoms with van der Waals surface area (Å²) in [4.78, 5) is 57.8. The highest BCUT2D eigenvalue weighted by molar-refractivity contribution is 5.96. The molecule has 10 nitrogen and oxygen atoms in total. The number of aryl methyl sites for hydroxylation is 1. The maximum Gasteiger partial charge on any atom is 0.332 e. The number of piperazine rings is 1. The number of amides is 2. The Morgan fingerprint density at radius 1 is 0.844 bits per heavy atom. The lowest BCUT2D eigenvalue weighted by atomic mass is 10.1. The number of pyridine rings is 1. The largest absolute Gasteiger partial charge is 0.497 e. The molecular weight excluding hydrogens is 414 g/mol. The second-order valence-electron chi connectivity index (χ2n) is 7.59. The number of fused-ring (bicyclic) bond motifs is 1. The molecule has 1 fully saturated rings. The van der Waals surface area contributed by atoms with Gasteiger partial charge in [0.15, 0.2) is 0 Å². The second-order valence-corrected chi connectivity index (χ2v) is 7.59. The molecule has 4 rings (SSSR count). The van der Waals surface area contributed by atoms with E-state index in [1.807, 2.05) is 0 Å². The summed E-state index contributed by atoms with van der Waals surface area (Å²) in [5.41, 5.74) is -0.0947. The average Bonchev–Trinajstić information content (AvgIpc) is 2.85. The Kier molecular flexibility index (Phi) is 5.52. The molecule has 166 valence electrons. The minimum absolute atomic E-state index is 0.102. The van der Waals surface area contributed by atoms with Gasteiger partial charge in [-0.05, 0) is 36.4 Å². The van der Waals surface area contributed by atoms with Crippen molar-refractivity contribution in [3.8, 4) is 5.75 Å². The molecule has 1 aliphatic heterocycles. The van der Waals surface area contributed by atoms with Crippen molar-refractivity contribution in [2.24, 2.45) is 14.1 Å². The van der Waals surface area contributed by atoms with Gasteiger partial charge in [-0.1, -0.05) is 0 Å². The van der Waals surface area contributed by atoms with Crippen LogP contribution in [0.15, 0.2) is 46.0 Å². The van der Waals surface area contributed by atoms with Gasteiger partial charge in [-0.2, -0.15) is 0 Å². The Balaban J connectivity index is 1.49. The summed E-state index contributed by atoms with van der Waals surface area (Å²) in [5, 5.41) is 0.265. The SMILES string of the molecule is COc1ccc(C(=O)N2CCN(C(=O)c3ccc4c(=O)n(C)c(=O)n(C)c4n3)CC2)cc1. The van der Waals surface area contributed by atoms with E-state index in [1.165, 1.54) is 30.8 Å². The first kappa shape index (κ1) is 21.3. The van der Waals surface area contributed by atoms with Crippen molar-refractivity contribution in [1.29, 1.82) is 0 Å². The molecule has 10 heteroatoms. The number of carbonyl (C=O) groups excluding carboxylic acids is 2. The van der Waals surface area contributed by atoms with Gasteiger partial charge in [-0.3, -0.25) is 23.5 Å². The van der Waals surface area contributed by atoms with Crippen molar-refractivity contribution < 1.29 is 14.3 Å². The normalized spacial score (nSPS) is 14.0. The van der Waals surface area contributed by atoms with Crippen molar-refractivity contribution in [2.45, 2.75) is 0 Å². The summed E-state index contributed by atoms with van der Waals surface area (Å²) >= 11 is 0. The van der Waals surface area contributed by atoms with E-state index in [9.17, 15) is 19.2 Å². The maximum absolute atomic E-state index is 13.0. The lowest BCUT2D eigenvalue weighted by Crippen LogP contribution is -2.50. The van der Waals surface area contributed by atoms with Crippen LogP contribution in [0.5, 0.6) is 5.75 Å². The smallest absolute Gasteiger partial charge is 0.332 e. The third-order valence-electron chi connectivity index (χ3n) is 5.71. The molecule has 32 heavy (non-hydrogen) atoms. The van der Waals surface area contributed by atoms with Gasteiger partial charge in [0.05, 0.1) is 12.5 Å². The van der Waals surface area contributed by atoms with Crippen molar-refractivity contribution in [3.05, 3.63) is 68.5 Å². The van der Waals surface area contributed by atoms with E-state index in [-0.39, 0.29) is 28.5 Å². The second kappa shape index (κ2) is 8.29. The fourth-order valence-electron chi connectivity index (χ4n) is 3.76. The number of methoxy groups -OCH3 is 1. The van der Waals surface area contributed by atoms with Gasteiger partial charge >= 0.3 is 5.69 Å². The van der Waals surface area contributed by atoms with Crippen LogP contribution >= 0.6 is 0 Å². The molecule has 0 aliphatic carbocycles. The molecule has 0 saturated carbocycles. The van der Waals surface area contributed by atoms with Crippen molar-refractivity contribution in [2.75, 3.05) is 33.3 Å². The van der Waals surface area contributed by atoms with Gasteiger partial charge in [0.25, 0.3) is 17.4 Å². The van der Waals surface area contributed by atoms with E-state index < -0.39 is 11.2 Å². The monoisotopic (exact) mass is 437 g/mol. The van der Waals surface area contributed by atoms with Crippen LogP contribution in [0.2, 0.25) is 0 Å². The molecule has 3 aromatic rings. The quantitative estimate of drug-likeness (QED) is 0.581. The zero-order valence-electron chi connectivity index (χ0n) is 18.1. The summed E-state index contributed by atoms with van der Waals surface area (Å²) in [6.07, 6.45) is 0. The van der Waals surface area contributed by atoms with E-state index >= 15 is 0 Å². The van der Waals surface area contributed by atoms with Crippen LogP contribution in [0.25, 0.3) is 11.0 Å². The highest BCUT2D eigenvalue weighted by Gasteiger charge is 2.26. The Labute approximate surface area is 183 Å². The van der Waals surface area contributed by atoms with Gasteiger partial charge < -0.3 is 14.5 Å². The van der Waals surface area contributed by atoms with Crippen molar-refractivity contribution in [1.82, 2.24) is 23.9 Å². The highest BCUT2D eigenvalue weighted by atomic mass is 16.5. The first-order chi connectivity index (χ1) is 15.3. The number of hydrogen-bond acceptors (Lipinski definition) is 6. The predicted octanol–water partition coefficient (Wildman–Crippen LogP) is 0.239. The first-order valence-corrected chi connectivity index (χ1v) is 10.1. The Bertz CT molecular complexity index is 1320. The zero-order chi connectivity index (χ0) is 23.0. The Morgan fingerprint density at radius 2 is 1.44 bits per heavy atom. The summed E-state index contributed by atoms with van der Waals surface area (Å²) in [6, 6.07) is 9.91. The molecule has 0 bridgehead atoms. The first-order valence-electron chi connectivity index (χ1n) is 10.1. The molecule has 0 N–H and O–H groups in total. The van der Waals surface area contributed by atoms with E-state index in [2.05, 4.69) is 4.98 Å². The van der Waals surface area contributed by atoms with Crippen LogP contribution in [-0.4, -0.2) is 69.0 Å². The maximum atomic E-state index is 13.0. The summed E-state index contributed by atoms with van der Waals surface area (Å²) in [6.45, 7) is 1.50. The molecule has 0 atom stereocenters. The molecule has 0 spiro atoms. The molecule has 3 heterocycles. The van der Waals surface area contributed by atoms with E-state index in [1.54, 1.807) is 41.2 Å². The molecule has 1 aromatic carbocycles. The number of nitrogens with zero attached hydrogens (tertiary/aromatic N) is 5. The van der Waals surface area contributed by atoms with Crippen LogP contribution in [-0.2, 0) is 14.1 Å². The van der Waals surface area contributed by atoms with Gasteiger partial charge in [0.1, 0.15) is 17.1 Å². The van der Waals surface area contributed by atoms with Crippen LogP contribution < -0.4 is 16.0 Å². The van der Waals surface area contributed by atoms with Crippen LogP contribution in [0.1, 0.15) is 20.8 Å². The van der Waals surface area contributed by atoms with E-state index in [4.69, 9.17) is 4.74 Å². The summed E-state index contributed by atoms with van der Waals surface area (Å²) in [7, 11) is 4.47. The molecule has 1 saturated heterocycles. The van der Waals surface area contributed by atoms with Gasteiger partial charge in [0, 0.05) is 45.8 Å². The number of benzene rings is 1. The number of aromatic nitrogens is 3. The topological polar surface area (TPSA) is 107 Å². The average molecular weight is 437 g/mol. The number of hydrogen-bond donors (Lipinski definition) is 0. The van der Waals surface area contributed by atoms with E-state index in [0.29, 0.717) is 37.5 Å². The van der Waals surface area contributed by atoms with Gasteiger partial charge in [-0.25, -0.2) is 9.78 Å². The van der Waals surface area contributed by atoms with Crippen molar-refractivity contribution >= 4 is 22.8 Å². The molecule has 0 radical (unpaired) electrons. The summed E-state index contributed by atoms with van der Waals surface area (Å²) < 4.78 is 7.37. The Hall–Kier alpha value is -3.95. The lowest BCUT2D eigenvalue weighted by molar-refractivity contribution is 0.0532. The van der Waals surface area contributed by atoms with Crippen LogP contribution in [0.3, 0.4) is 0 Å². The fraction of sp³-hybridized carbons (Fsp3) is 0.318. The number of rotatable bonds is 3. The molecular formula is C22H23N5O5. The van der Waals surface area contributed by atoms with Gasteiger partial charge in [-0.15, -0.1) is 0 Å². The lowest BCUT2D eigenvalue weighted by Gasteiger charge is -2.34. The van der Waals surface area contributed by atoms with Gasteiger partial charge in [0.2, 0.25) is 0 Å². The molecule has 0 unspecified atom stereocenters. The zero-order valence-corrected chi connectivity index (χ0v) is 18.1. The minimum Gasteiger partial charge on any atom is -0.497 e. The minimum atomic E-state index is -0.509. The van der Waals surface area contributed by atoms with Crippen molar-refractivity contribution in [3.63, 3.8) is 0 Å². The highest BCUT2D eigenvalue weighted by Crippen LogP contribution is 2.15. The number of ether oxygens (including phenoxy) is 1. The Morgan fingerprint density at radius 3 is 2.03 bits per heavy atom. The molecule has 1 aliphatic rings. The van der Waals surface area contributed by atoms with Crippen LogP contribution in [0.4, 0.5) is 0 Å². The number of carbonyl (C=O) groups is 2. The third kappa shape index (κ3) is 3.64. The fourth-order valence-corrected chi connectivity index (χ4v) is 3.76. The van der Waals surface area contributed by atoms with Crippen LogP contribution in [0, 0.1) is 0 Å². The molecule has 2 amide bonds. The predicted molar refractivity (Wildman–Crippen MR) is 117 cm³/mol. The standard InChI is InChI=1S/C22H23N5O5/c1-24-18-16(20(29)25(2)22(24)31)8-9-17(23-18)21(30)27-12-10-26(11-13-27)19(28)14-4-6-15(32-3)7-5-14/h4-9H,10-13H2,1-3H3.